The number of aromatic nitrogens is 3. The first-order valence-corrected chi connectivity index (χ1v) is 6.64. The molecule has 19 heavy (non-hydrogen) atoms. The summed E-state index contributed by atoms with van der Waals surface area (Å²) in [7, 11) is 0. The van der Waals surface area contributed by atoms with Crippen LogP contribution in [0.25, 0.3) is 0 Å². The van der Waals surface area contributed by atoms with Crippen molar-refractivity contribution in [2.75, 3.05) is 0 Å². The van der Waals surface area contributed by atoms with E-state index in [2.05, 4.69) is 10.1 Å². The zero-order valence-electron chi connectivity index (χ0n) is 10.7. The van der Waals surface area contributed by atoms with E-state index in [-0.39, 0.29) is 12.2 Å². The molecule has 100 valence electrons. The molecule has 2 aromatic rings. The molecule has 4 nitrogen and oxygen atoms in total. The molecule has 0 aliphatic heterocycles. The highest BCUT2D eigenvalue weighted by atomic mass is 35.5. The standard InChI is InChI=1S/C13H13Cl2N3O/c1-3-18-11(13(15)8(2)17-18)6-12(19)9-4-5-16-7-10(9)14/h4-5,7H,3,6H2,1-2H3. The first kappa shape index (κ1) is 14.0. The van der Waals surface area contributed by atoms with Crippen LogP contribution in [-0.2, 0) is 13.0 Å². The third kappa shape index (κ3) is 2.80. The van der Waals surface area contributed by atoms with Gasteiger partial charge in [0.25, 0.3) is 0 Å². The summed E-state index contributed by atoms with van der Waals surface area (Å²) in [6.07, 6.45) is 3.18. The van der Waals surface area contributed by atoms with Crippen molar-refractivity contribution in [2.45, 2.75) is 26.8 Å². The van der Waals surface area contributed by atoms with Gasteiger partial charge < -0.3 is 0 Å². The number of aryl methyl sites for hydroxylation is 2. The van der Waals surface area contributed by atoms with E-state index in [9.17, 15) is 4.79 Å². The molecule has 2 aromatic heterocycles. The summed E-state index contributed by atoms with van der Waals surface area (Å²) in [5.41, 5.74) is 1.90. The molecule has 2 rings (SSSR count). The summed E-state index contributed by atoms with van der Waals surface area (Å²) in [5, 5.41) is 5.18. The zero-order valence-corrected chi connectivity index (χ0v) is 12.2. The van der Waals surface area contributed by atoms with Gasteiger partial charge in [0.05, 0.1) is 27.9 Å². The second kappa shape index (κ2) is 5.72. The Morgan fingerprint density at radius 3 is 2.79 bits per heavy atom. The van der Waals surface area contributed by atoms with Crippen molar-refractivity contribution in [1.29, 1.82) is 0 Å². The lowest BCUT2D eigenvalue weighted by molar-refractivity contribution is 0.0990. The molecule has 0 radical (unpaired) electrons. The average molecular weight is 298 g/mol. The minimum Gasteiger partial charge on any atom is -0.294 e. The lowest BCUT2D eigenvalue weighted by Crippen LogP contribution is -2.10. The van der Waals surface area contributed by atoms with Crippen LogP contribution in [0.2, 0.25) is 10.0 Å². The molecular weight excluding hydrogens is 285 g/mol. The first-order valence-electron chi connectivity index (χ1n) is 5.89. The van der Waals surface area contributed by atoms with Crippen LogP contribution in [0.3, 0.4) is 0 Å². The summed E-state index contributed by atoms with van der Waals surface area (Å²) in [6.45, 7) is 4.44. The predicted molar refractivity (Wildman–Crippen MR) is 74.9 cm³/mol. The van der Waals surface area contributed by atoms with Gasteiger partial charge in [-0.2, -0.15) is 5.10 Å². The predicted octanol–water partition coefficient (Wildman–Crippen LogP) is 3.34. The summed E-state index contributed by atoms with van der Waals surface area (Å²) in [5.74, 6) is -0.0936. The molecule has 6 heteroatoms. The van der Waals surface area contributed by atoms with E-state index in [1.807, 2.05) is 13.8 Å². The van der Waals surface area contributed by atoms with Crippen LogP contribution in [0, 0.1) is 6.92 Å². The van der Waals surface area contributed by atoms with E-state index in [0.717, 1.165) is 11.4 Å². The smallest absolute Gasteiger partial charge is 0.170 e. The fourth-order valence-electron chi connectivity index (χ4n) is 1.89. The van der Waals surface area contributed by atoms with E-state index in [0.29, 0.717) is 22.2 Å². The van der Waals surface area contributed by atoms with Crippen LogP contribution in [-0.4, -0.2) is 20.5 Å². The highest BCUT2D eigenvalue weighted by molar-refractivity contribution is 6.34. The normalized spacial score (nSPS) is 10.7. The molecule has 0 aromatic carbocycles. The molecule has 2 heterocycles. The SMILES string of the molecule is CCn1nc(C)c(Cl)c1CC(=O)c1ccncc1Cl. The van der Waals surface area contributed by atoms with Gasteiger partial charge in [0.15, 0.2) is 5.78 Å². The molecule has 0 unspecified atom stereocenters. The van der Waals surface area contributed by atoms with E-state index >= 15 is 0 Å². The average Bonchev–Trinajstić information content (AvgIpc) is 2.67. The zero-order chi connectivity index (χ0) is 14.0. The van der Waals surface area contributed by atoms with E-state index in [1.165, 1.54) is 6.20 Å². The topological polar surface area (TPSA) is 47.8 Å². The van der Waals surface area contributed by atoms with Gasteiger partial charge in [-0.25, -0.2) is 0 Å². The number of ketones is 1. The molecular formula is C13H13Cl2N3O. The lowest BCUT2D eigenvalue weighted by Gasteiger charge is -2.06. The van der Waals surface area contributed by atoms with Crippen LogP contribution in [0.1, 0.15) is 28.7 Å². The Labute approximate surface area is 121 Å². The van der Waals surface area contributed by atoms with E-state index in [4.69, 9.17) is 23.2 Å². The number of nitrogens with zero attached hydrogens (tertiary/aromatic N) is 3. The van der Waals surface area contributed by atoms with Gasteiger partial charge in [0.2, 0.25) is 0 Å². The van der Waals surface area contributed by atoms with Gasteiger partial charge in [-0.1, -0.05) is 23.2 Å². The van der Waals surface area contributed by atoms with Crippen LogP contribution in [0.15, 0.2) is 18.5 Å². The number of carbonyl (C=O) groups excluding carboxylic acids is 1. The van der Waals surface area contributed by atoms with Gasteiger partial charge in [0.1, 0.15) is 0 Å². The summed E-state index contributed by atoms with van der Waals surface area (Å²) >= 11 is 12.1. The Hall–Kier alpha value is -1.39. The minimum absolute atomic E-state index is 0.0936. The number of pyridine rings is 1. The van der Waals surface area contributed by atoms with Crippen LogP contribution >= 0.6 is 23.2 Å². The Kier molecular flexibility index (Phi) is 4.22. The van der Waals surface area contributed by atoms with E-state index in [1.54, 1.807) is 16.9 Å². The van der Waals surface area contributed by atoms with Crippen molar-refractivity contribution in [3.8, 4) is 0 Å². The fourth-order valence-corrected chi connectivity index (χ4v) is 2.31. The monoisotopic (exact) mass is 297 g/mol. The molecule has 0 N–H and O–H groups in total. The number of Topliss-reactive ketones (excluding diaryl/α,β-unsaturated/α-hetero) is 1. The maximum absolute atomic E-state index is 12.3. The second-order valence-electron chi connectivity index (χ2n) is 4.12. The minimum atomic E-state index is -0.0936. The van der Waals surface area contributed by atoms with Crippen molar-refractivity contribution >= 4 is 29.0 Å². The molecule has 0 saturated heterocycles. The number of hydrogen-bond donors (Lipinski definition) is 0. The largest absolute Gasteiger partial charge is 0.294 e. The fraction of sp³-hybridized carbons (Fsp3) is 0.308. The molecule has 0 aliphatic rings. The molecule has 0 fully saturated rings. The molecule has 0 saturated carbocycles. The molecule has 0 bridgehead atoms. The number of halogens is 2. The summed E-state index contributed by atoms with van der Waals surface area (Å²) < 4.78 is 1.74. The summed E-state index contributed by atoms with van der Waals surface area (Å²) in [4.78, 5) is 16.1. The maximum Gasteiger partial charge on any atom is 0.170 e. The molecule has 0 aliphatic carbocycles. The van der Waals surface area contributed by atoms with Gasteiger partial charge in [-0.3, -0.25) is 14.5 Å². The van der Waals surface area contributed by atoms with Crippen LogP contribution in [0.4, 0.5) is 0 Å². The third-order valence-electron chi connectivity index (χ3n) is 2.85. The number of hydrogen-bond acceptors (Lipinski definition) is 3. The van der Waals surface area contributed by atoms with Gasteiger partial charge in [0, 0.05) is 24.5 Å². The van der Waals surface area contributed by atoms with Crippen LogP contribution in [0.5, 0.6) is 0 Å². The first-order chi connectivity index (χ1) is 9.04. The molecule has 0 amide bonds. The molecule has 0 spiro atoms. The van der Waals surface area contributed by atoms with Gasteiger partial charge >= 0.3 is 0 Å². The highest BCUT2D eigenvalue weighted by Gasteiger charge is 2.18. The Morgan fingerprint density at radius 1 is 1.42 bits per heavy atom. The van der Waals surface area contributed by atoms with Crippen molar-refractivity contribution in [1.82, 2.24) is 14.8 Å². The quantitative estimate of drug-likeness (QED) is 0.813. The van der Waals surface area contributed by atoms with Crippen molar-refractivity contribution < 1.29 is 4.79 Å². The van der Waals surface area contributed by atoms with Crippen molar-refractivity contribution in [2.24, 2.45) is 0 Å². The third-order valence-corrected chi connectivity index (χ3v) is 3.65. The van der Waals surface area contributed by atoms with Crippen molar-refractivity contribution in [3.05, 3.63) is 45.5 Å². The van der Waals surface area contributed by atoms with Gasteiger partial charge in [-0.15, -0.1) is 0 Å². The van der Waals surface area contributed by atoms with Gasteiger partial charge in [-0.05, 0) is 19.9 Å². The number of rotatable bonds is 4. The second-order valence-corrected chi connectivity index (χ2v) is 4.90. The van der Waals surface area contributed by atoms with Crippen molar-refractivity contribution in [3.63, 3.8) is 0 Å². The Morgan fingerprint density at radius 2 is 2.16 bits per heavy atom. The maximum atomic E-state index is 12.3. The lowest BCUT2D eigenvalue weighted by atomic mass is 10.1. The van der Waals surface area contributed by atoms with E-state index < -0.39 is 0 Å². The molecule has 0 atom stereocenters. The number of carbonyl (C=O) groups is 1. The van der Waals surface area contributed by atoms with Crippen LogP contribution < -0.4 is 0 Å². The Bertz CT molecular complexity index is 622. The highest BCUT2D eigenvalue weighted by Crippen LogP contribution is 2.23. The summed E-state index contributed by atoms with van der Waals surface area (Å²) in [6, 6.07) is 1.61. The Balaban J connectivity index is 2.32.